The average Bonchev–Trinajstić information content (AvgIpc) is 2.81. The summed E-state index contributed by atoms with van der Waals surface area (Å²) in [7, 11) is 0. The highest BCUT2D eigenvalue weighted by Gasteiger charge is 2.23. The maximum atomic E-state index is 13.6. The standard InChI is InChI=1S/C27H33ClN2O2/c1-3-5-7-13-21-18-22(28)19-24(26(21)32-17-10-6-4-2)27(31)30(29)25-16-11-14-20-12-8-9-15-23(20)25/h8-9,11-12,14-16,18-19H,3-7,10,13,17,29H2,1-2H3. The number of nitrogens with two attached hydrogens (primary N) is 1. The Hall–Kier alpha value is -2.56. The summed E-state index contributed by atoms with van der Waals surface area (Å²) in [6.07, 6.45) is 7.21. The quantitative estimate of drug-likeness (QED) is 0.143. The van der Waals surface area contributed by atoms with E-state index in [9.17, 15) is 4.79 Å². The van der Waals surface area contributed by atoms with E-state index in [2.05, 4.69) is 13.8 Å². The minimum absolute atomic E-state index is 0.328. The molecule has 0 unspecified atom stereocenters. The van der Waals surface area contributed by atoms with Gasteiger partial charge in [0.1, 0.15) is 5.75 Å². The van der Waals surface area contributed by atoms with Crippen LogP contribution in [-0.2, 0) is 6.42 Å². The molecule has 0 spiro atoms. The van der Waals surface area contributed by atoms with Gasteiger partial charge in [0.25, 0.3) is 5.91 Å². The van der Waals surface area contributed by atoms with Gasteiger partial charge < -0.3 is 4.74 Å². The van der Waals surface area contributed by atoms with Crippen LogP contribution < -0.4 is 15.6 Å². The highest BCUT2D eigenvalue weighted by Crippen LogP contribution is 2.33. The molecule has 0 bridgehead atoms. The Kier molecular flexibility index (Phi) is 8.95. The fraction of sp³-hybridized carbons (Fsp3) is 0.370. The number of unbranched alkanes of at least 4 members (excludes halogenated alkanes) is 4. The number of hydrazine groups is 1. The van der Waals surface area contributed by atoms with Crippen molar-refractivity contribution in [1.29, 1.82) is 0 Å². The molecule has 3 rings (SSSR count). The minimum atomic E-state index is -0.328. The highest BCUT2D eigenvalue weighted by molar-refractivity contribution is 6.31. The molecular formula is C27H33ClN2O2. The lowest BCUT2D eigenvalue weighted by Gasteiger charge is -2.22. The van der Waals surface area contributed by atoms with Gasteiger partial charge in [0.05, 0.1) is 17.9 Å². The predicted octanol–water partition coefficient (Wildman–Crippen LogP) is 7.32. The molecular weight excluding hydrogens is 420 g/mol. The molecule has 2 N–H and O–H groups in total. The second kappa shape index (κ2) is 11.9. The number of ether oxygens (including phenoxy) is 1. The average molecular weight is 453 g/mol. The van der Waals surface area contributed by atoms with E-state index in [0.717, 1.165) is 61.3 Å². The molecule has 0 saturated carbocycles. The lowest BCUT2D eigenvalue weighted by atomic mass is 10.0. The number of amides is 1. The summed E-state index contributed by atoms with van der Waals surface area (Å²) in [5.74, 6) is 6.67. The fourth-order valence-electron chi connectivity index (χ4n) is 3.91. The molecule has 0 aliphatic rings. The Balaban J connectivity index is 1.98. The van der Waals surface area contributed by atoms with Gasteiger partial charge in [-0.25, -0.2) is 10.9 Å². The third-order valence-corrected chi connectivity index (χ3v) is 5.87. The molecule has 5 heteroatoms. The summed E-state index contributed by atoms with van der Waals surface area (Å²) in [5, 5.41) is 3.67. The molecule has 0 fully saturated rings. The van der Waals surface area contributed by atoms with Crippen molar-refractivity contribution >= 4 is 34.0 Å². The molecule has 0 aromatic heterocycles. The number of halogens is 1. The number of anilines is 1. The number of nitrogens with zero attached hydrogens (tertiary/aromatic N) is 1. The third kappa shape index (κ3) is 5.81. The first kappa shape index (κ1) is 24.1. The van der Waals surface area contributed by atoms with Crippen molar-refractivity contribution in [2.75, 3.05) is 11.6 Å². The second-order valence-corrected chi connectivity index (χ2v) is 8.56. The van der Waals surface area contributed by atoms with Gasteiger partial charge in [-0.1, -0.05) is 87.5 Å². The zero-order valence-electron chi connectivity index (χ0n) is 19.1. The van der Waals surface area contributed by atoms with Crippen LogP contribution in [0, 0.1) is 0 Å². The fourth-order valence-corrected chi connectivity index (χ4v) is 4.16. The Morgan fingerprint density at radius 2 is 1.69 bits per heavy atom. The first-order valence-corrected chi connectivity index (χ1v) is 12.0. The number of hydrogen-bond acceptors (Lipinski definition) is 3. The van der Waals surface area contributed by atoms with Gasteiger partial charge in [0.2, 0.25) is 0 Å². The molecule has 0 aliphatic heterocycles. The van der Waals surface area contributed by atoms with Crippen molar-refractivity contribution < 1.29 is 9.53 Å². The molecule has 3 aromatic rings. The summed E-state index contributed by atoms with van der Waals surface area (Å²) in [5.41, 5.74) is 2.03. The Labute approximate surface area is 196 Å². The molecule has 0 saturated heterocycles. The molecule has 170 valence electrons. The largest absolute Gasteiger partial charge is 0.492 e. The van der Waals surface area contributed by atoms with Crippen molar-refractivity contribution in [3.05, 3.63) is 70.7 Å². The highest BCUT2D eigenvalue weighted by atomic mass is 35.5. The first-order valence-electron chi connectivity index (χ1n) is 11.6. The number of benzene rings is 3. The summed E-state index contributed by atoms with van der Waals surface area (Å²) >= 11 is 6.44. The summed E-state index contributed by atoms with van der Waals surface area (Å²) in [6, 6.07) is 17.2. The van der Waals surface area contributed by atoms with Crippen LogP contribution in [0.5, 0.6) is 5.75 Å². The van der Waals surface area contributed by atoms with E-state index in [1.54, 1.807) is 6.07 Å². The topological polar surface area (TPSA) is 55.6 Å². The molecule has 4 nitrogen and oxygen atoms in total. The lowest BCUT2D eigenvalue weighted by Crippen LogP contribution is -2.38. The van der Waals surface area contributed by atoms with Crippen molar-refractivity contribution in [2.45, 2.75) is 58.8 Å². The number of hydrogen-bond donors (Lipinski definition) is 1. The van der Waals surface area contributed by atoms with Crippen molar-refractivity contribution in [1.82, 2.24) is 0 Å². The van der Waals surface area contributed by atoms with Gasteiger partial charge in [0.15, 0.2) is 0 Å². The third-order valence-electron chi connectivity index (χ3n) is 5.65. The van der Waals surface area contributed by atoms with Gasteiger partial charge in [-0.05, 0) is 48.4 Å². The predicted molar refractivity (Wildman–Crippen MR) is 135 cm³/mol. The second-order valence-electron chi connectivity index (χ2n) is 8.13. The maximum absolute atomic E-state index is 13.6. The van der Waals surface area contributed by atoms with Crippen molar-refractivity contribution in [2.24, 2.45) is 5.84 Å². The molecule has 32 heavy (non-hydrogen) atoms. The number of aryl methyl sites for hydroxylation is 1. The van der Waals surface area contributed by atoms with Crippen LogP contribution in [0.3, 0.4) is 0 Å². The summed E-state index contributed by atoms with van der Waals surface area (Å²) < 4.78 is 6.19. The molecule has 0 heterocycles. The zero-order chi connectivity index (χ0) is 22.9. The Bertz CT molecular complexity index is 1050. The van der Waals surface area contributed by atoms with Crippen LogP contribution >= 0.6 is 11.6 Å². The van der Waals surface area contributed by atoms with E-state index in [1.165, 1.54) is 5.01 Å². The Morgan fingerprint density at radius 1 is 0.969 bits per heavy atom. The summed E-state index contributed by atoms with van der Waals surface area (Å²) in [4.78, 5) is 13.6. The van der Waals surface area contributed by atoms with E-state index in [4.69, 9.17) is 22.2 Å². The normalized spacial score (nSPS) is 11.0. The van der Waals surface area contributed by atoms with Crippen LogP contribution in [0.25, 0.3) is 10.8 Å². The first-order chi connectivity index (χ1) is 15.6. The SMILES string of the molecule is CCCCCOc1c(CCCCC)cc(Cl)cc1C(=O)N(N)c1cccc2ccccc12. The minimum Gasteiger partial charge on any atom is -0.492 e. The van der Waals surface area contributed by atoms with Crippen LogP contribution in [-0.4, -0.2) is 12.5 Å². The van der Waals surface area contributed by atoms with Gasteiger partial charge in [-0.3, -0.25) is 4.79 Å². The maximum Gasteiger partial charge on any atom is 0.276 e. The summed E-state index contributed by atoms with van der Waals surface area (Å²) in [6.45, 7) is 4.89. The van der Waals surface area contributed by atoms with E-state index >= 15 is 0 Å². The smallest absolute Gasteiger partial charge is 0.276 e. The number of carbonyl (C=O) groups is 1. The molecule has 3 aromatic carbocycles. The molecule has 0 radical (unpaired) electrons. The monoisotopic (exact) mass is 452 g/mol. The van der Waals surface area contributed by atoms with Crippen LogP contribution in [0.2, 0.25) is 5.02 Å². The van der Waals surface area contributed by atoms with Gasteiger partial charge in [0, 0.05) is 10.4 Å². The van der Waals surface area contributed by atoms with E-state index in [1.807, 2.05) is 48.5 Å². The molecule has 0 atom stereocenters. The van der Waals surface area contributed by atoms with E-state index in [-0.39, 0.29) is 5.91 Å². The molecule has 0 aliphatic carbocycles. The number of fused-ring (bicyclic) bond motifs is 1. The zero-order valence-corrected chi connectivity index (χ0v) is 19.8. The lowest BCUT2D eigenvalue weighted by molar-refractivity contribution is 0.0982. The van der Waals surface area contributed by atoms with Crippen LogP contribution in [0.15, 0.2) is 54.6 Å². The van der Waals surface area contributed by atoms with Crippen LogP contribution in [0.1, 0.15) is 68.3 Å². The van der Waals surface area contributed by atoms with E-state index < -0.39 is 0 Å². The number of rotatable bonds is 11. The number of carbonyl (C=O) groups excluding carboxylic acids is 1. The van der Waals surface area contributed by atoms with Crippen LogP contribution in [0.4, 0.5) is 5.69 Å². The van der Waals surface area contributed by atoms with Crippen molar-refractivity contribution in [3.8, 4) is 5.75 Å². The van der Waals surface area contributed by atoms with Gasteiger partial charge in [-0.2, -0.15) is 0 Å². The van der Waals surface area contributed by atoms with Gasteiger partial charge in [-0.15, -0.1) is 0 Å². The molecule has 1 amide bonds. The van der Waals surface area contributed by atoms with E-state index in [0.29, 0.717) is 28.6 Å². The Morgan fingerprint density at radius 3 is 2.47 bits per heavy atom. The van der Waals surface area contributed by atoms with Crippen molar-refractivity contribution in [3.63, 3.8) is 0 Å². The van der Waals surface area contributed by atoms with Gasteiger partial charge >= 0.3 is 0 Å².